The van der Waals surface area contributed by atoms with Crippen molar-refractivity contribution in [1.82, 2.24) is 0 Å². The Balaban J connectivity index is 2.56. The first-order chi connectivity index (χ1) is 8.69. The van der Waals surface area contributed by atoms with Crippen molar-refractivity contribution in [2.24, 2.45) is 0 Å². The highest BCUT2D eigenvalue weighted by molar-refractivity contribution is 9.10. The normalized spacial score (nSPS) is 11.5. The summed E-state index contributed by atoms with van der Waals surface area (Å²) in [6.07, 6.45) is 0.0778. The lowest BCUT2D eigenvalue weighted by molar-refractivity contribution is -0.118. The highest BCUT2D eigenvalue weighted by Gasteiger charge is 2.13. The van der Waals surface area contributed by atoms with Gasteiger partial charge in [0, 0.05) is 6.07 Å². The number of rotatable bonds is 4. The van der Waals surface area contributed by atoms with Crippen LogP contribution in [0.15, 0.2) is 16.6 Å². The number of amides is 1. The zero-order chi connectivity index (χ0) is 14.6. The maximum Gasteiger partial charge on any atom is 0.226 e. The van der Waals surface area contributed by atoms with Gasteiger partial charge >= 0.3 is 0 Å². The van der Waals surface area contributed by atoms with E-state index in [0.29, 0.717) is 0 Å². The summed E-state index contributed by atoms with van der Waals surface area (Å²) in [6.45, 7) is 5.83. The number of carbonyl (C=O) groups is 1. The average molecular weight is 336 g/mol. The highest BCUT2D eigenvalue weighted by Crippen LogP contribution is 2.23. The van der Waals surface area contributed by atoms with Gasteiger partial charge in [0.15, 0.2) is 0 Å². The fourth-order valence-electron chi connectivity index (χ4n) is 1.28. The largest absolute Gasteiger partial charge is 0.375 e. The molecule has 0 aromatic heterocycles. The minimum Gasteiger partial charge on any atom is -0.375 e. The molecule has 0 aliphatic heterocycles. The van der Waals surface area contributed by atoms with Crippen LogP contribution in [0.3, 0.4) is 0 Å². The number of hydrogen-bond donors (Lipinski definition) is 1. The third-order valence-corrected chi connectivity index (χ3v) is 2.76. The third-order valence-electron chi connectivity index (χ3n) is 2.15. The molecular formula is C13H16BrF2NO2. The third kappa shape index (κ3) is 5.65. The molecule has 19 heavy (non-hydrogen) atoms. The second kappa shape index (κ2) is 6.43. The standard InChI is InChI=1S/C13H16BrF2NO2/c1-13(2,3)19-5-4-12(18)17-11-7-9(15)8(14)6-10(11)16/h6-7H,4-5H2,1-3H3,(H,17,18). The van der Waals surface area contributed by atoms with Crippen LogP contribution in [0.1, 0.15) is 27.2 Å². The molecule has 0 aliphatic carbocycles. The maximum absolute atomic E-state index is 13.5. The molecule has 0 aliphatic rings. The zero-order valence-corrected chi connectivity index (χ0v) is 12.6. The van der Waals surface area contributed by atoms with Crippen LogP contribution in [0.25, 0.3) is 0 Å². The van der Waals surface area contributed by atoms with Crippen molar-refractivity contribution in [3.8, 4) is 0 Å². The topological polar surface area (TPSA) is 38.3 Å². The van der Waals surface area contributed by atoms with Crippen molar-refractivity contribution < 1.29 is 18.3 Å². The van der Waals surface area contributed by atoms with Crippen molar-refractivity contribution in [3.05, 3.63) is 28.2 Å². The molecule has 1 aromatic rings. The van der Waals surface area contributed by atoms with E-state index in [1.165, 1.54) is 0 Å². The summed E-state index contributed by atoms with van der Waals surface area (Å²) in [4.78, 5) is 11.6. The van der Waals surface area contributed by atoms with Gasteiger partial charge in [0.05, 0.1) is 28.8 Å². The Morgan fingerprint density at radius 1 is 1.32 bits per heavy atom. The van der Waals surface area contributed by atoms with E-state index in [-0.39, 0.29) is 28.8 Å². The summed E-state index contributed by atoms with van der Waals surface area (Å²) in [6, 6.07) is 1.90. The summed E-state index contributed by atoms with van der Waals surface area (Å²) in [7, 11) is 0. The van der Waals surface area contributed by atoms with Gasteiger partial charge in [-0.3, -0.25) is 4.79 Å². The summed E-state index contributed by atoms with van der Waals surface area (Å²) in [5.74, 6) is -1.76. The van der Waals surface area contributed by atoms with E-state index in [9.17, 15) is 13.6 Å². The molecule has 6 heteroatoms. The Morgan fingerprint density at radius 2 is 1.95 bits per heavy atom. The maximum atomic E-state index is 13.5. The number of anilines is 1. The van der Waals surface area contributed by atoms with Crippen LogP contribution in [0.2, 0.25) is 0 Å². The first-order valence-electron chi connectivity index (χ1n) is 5.77. The fourth-order valence-corrected chi connectivity index (χ4v) is 1.60. The number of ether oxygens (including phenoxy) is 1. The average Bonchev–Trinajstić information content (AvgIpc) is 2.24. The lowest BCUT2D eigenvalue weighted by Gasteiger charge is -2.19. The first kappa shape index (κ1) is 16.0. The lowest BCUT2D eigenvalue weighted by atomic mass is 10.2. The molecule has 3 nitrogen and oxygen atoms in total. The van der Waals surface area contributed by atoms with Crippen molar-refractivity contribution in [1.29, 1.82) is 0 Å². The number of hydrogen-bond acceptors (Lipinski definition) is 2. The van der Waals surface area contributed by atoms with Gasteiger partial charge in [0.25, 0.3) is 0 Å². The number of benzene rings is 1. The molecule has 0 spiro atoms. The SMILES string of the molecule is CC(C)(C)OCCC(=O)Nc1cc(F)c(Br)cc1F. The molecule has 0 radical (unpaired) electrons. The smallest absolute Gasteiger partial charge is 0.226 e. The Labute approximate surface area is 119 Å². The summed E-state index contributed by atoms with van der Waals surface area (Å²) in [5, 5.41) is 2.31. The molecule has 1 amide bonds. The zero-order valence-electron chi connectivity index (χ0n) is 11.0. The van der Waals surface area contributed by atoms with Gasteiger partial charge in [-0.15, -0.1) is 0 Å². The van der Waals surface area contributed by atoms with Crippen LogP contribution in [0.5, 0.6) is 0 Å². The molecule has 0 unspecified atom stereocenters. The minimum absolute atomic E-state index is 0.0130. The highest BCUT2D eigenvalue weighted by atomic mass is 79.9. The summed E-state index contributed by atoms with van der Waals surface area (Å²) >= 11 is 2.86. The van der Waals surface area contributed by atoms with E-state index in [4.69, 9.17) is 4.74 Å². The second-order valence-electron chi connectivity index (χ2n) is 5.01. The summed E-state index contributed by atoms with van der Waals surface area (Å²) in [5.41, 5.74) is -0.517. The van der Waals surface area contributed by atoms with E-state index < -0.39 is 17.5 Å². The Kier molecular flexibility index (Phi) is 5.43. The first-order valence-corrected chi connectivity index (χ1v) is 6.57. The molecule has 1 N–H and O–H groups in total. The van der Waals surface area contributed by atoms with Crippen LogP contribution in [-0.4, -0.2) is 18.1 Å². The lowest BCUT2D eigenvalue weighted by Crippen LogP contribution is -2.23. The van der Waals surface area contributed by atoms with E-state index in [1.807, 2.05) is 20.8 Å². The Morgan fingerprint density at radius 3 is 2.53 bits per heavy atom. The number of halogens is 3. The molecule has 1 rings (SSSR count). The molecule has 0 fully saturated rings. The van der Waals surface area contributed by atoms with E-state index in [1.54, 1.807) is 0 Å². The van der Waals surface area contributed by atoms with Crippen LogP contribution >= 0.6 is 15.9 Å². The predicted octanol–water partition coefficient (Wildman–Crippen LogP) is 3.87. The molecule has 0 heterocycles. The fraction of sp³-hybridized carbons (Fsp3) is 0.462. The Hall–Kier alpha value is -1.01. The van der Waals surface area contributed by atoms with Gasteiger partial charge in [-0.25, -0.2) is 8.78 Å². The monoisotopic (exact) mass is 335 g/mol. The number of carbonyl (C=O) groups excluding carboxylic acids is 1. The van der Waals surface area contributed by atoms with Crippen LogP contribution < -0.4 is 5.32 Å². The van der Waals surface area contributed by atoms with Crippen molar-refractivity contribution in [2.75, 3.05) is 11.9 Å². The van der Waals surface area contributed by atoms with Crippen LogP contribution in [0, 0.1) is 11.6 Å². The second-order valence-corrected chi connectivity index (χ2v) is 5.86. The van der Waals surface area contributed by atoms with Crippen molar-refractivity contribution in [3.63, 3.8) is 0 Å². The van der Waals surface area contributed by atoms with Gasteiger partial charge in [-0.1, -0.05) is 0 Å². The van der Waals surface area contributed by atoms with Gasteiger partial charge in [-0.05, 0) is 42.8 Å². The van der Waals surface area contributed by atoms with Crippen molar-refractivity contribution >= 4 is 27.5 Å². The van der Waals surface area contributed by atoms with Crippen LogP contribution in [-0.2, 0) is 9.53 Å². The quantitative estimate of drug-likeness (QED) is 0.848. The molecule has 0 saturated carbocycles. The van der Waals surface area contributed by atoms with Gasteiger partial charge < -0.3 is 10.1 Å². The Bertz CT molecular complexity index is 472. The van der Waals surface area contributed by atoms with E-state index in [0.717, 1.165) is 12.1 Å². The minimum atomic E-state index is -0.696. The molecule has 0 saturated heterocycles. The predicted molar refractivity (Wildman–Crippen MR) is 73.0 cm³/mol. The van der Waals surface area contributed by atoms with Gasteiger partial charge in [0.1, 0.15) is 11.6 Å². The van der Waals surface area contributed by atoms with Gasteiger partial charge in [-0.2, -0.15) is 0 Å². The van der Waals surface area contributed by atoms with Crippen molar-refractivity contribution in [2.45, 2.75) is 32.8 Å². The van der Waals surface area contributed by atoms with Gasteiger partial charge in [0.2, 0.25) is 5.91 Å². The molecule has 0 atom stereocenters. The molecule has 106 valence electrons. The molecular weight excluding hydrogens is 320 g/mol. The van der Waals surface area contributed by atoms with E-state index in [2.05, 4.69) is 21.2 Å². The molecule has 1 aromatic carbocycles. The van der Waals surface area contributed by atoms with Crippen LogP contribution in [0.4, 0.5) is 14.5 Å². The summed E-state index contributed by atoms with van der Waals surface area (Å²) < 4.78 is 32.1. The van der Waals surface area contributed by atoms with E-state index >= 15 is 0 Å². The molecule has 0 bridgehead atoms. The number of nitrogens with one attached hydrogen (secondary N) is 1.